The SMILES string of the molecule is CC(NC(=O)c1cc[nH]c(=O)c1)C1CCOC1. The molecule has 1 saturated heterocycles. The molecule has 5 heteroatoms. The number of ether oxygens (including phenoxy) is 1. The normalized spacial score (nSPS) is 21.1. The first kappa shape index (κ1) is 11.9. The van der Waals surface area contributed by atoms with Gasteiger partial charge in [0.15, 0.2) is 0 Å². The Morgan fingerprint density at radius 3 is 3.12 bits per heavy atom. The molecule has 92 valence electrons. The molecule has 1 aliphatic rings. The summed E-state index contributed by atoms with van der Waals surface area (Å²) in [4.78, 5) is 25.4. The van der Waals surface area contributed by atoms with E-state index in [-0.39, 0.29) is 17.5 Å². The van der Waals surface area contributed by atoms with E-state index in [1.54, 1.807) is 6.07 Å². The van der Waals surface area contributed by atoms with Gasteiger partial charge in [0.1, 0.15) is 0 Å². The van der Waals surface area contributed by atoms with E-state index in [0.717, 1.165) is 13.0 Å². The van der Waals surface area contributed by atoms with Gasteiger partial charge in [-0.1, -0.05) is 0 Å². The van der Waals surface area contributed by atoms with Crippen LogP contribution in [0.3, 0.4) is 0 Å². The molecule has 2 N–H and O–H groups in total. The molecule has 17 heavy (non-hydrogen) atoms. The van der Waals surface area contributed by atoms with Gasteiger partial charge in [-0.3, -0.25) is 9.59 Å². The zero-order valence-electron chi connectivity index (χ0n) is 9.73. The second-order valence-corrected chi connectivity index (χ2v) is 4.33. The molecule has 2 rings (SSSR count). The summed E-state index contributed by atoms with van der Waals surface area (Å²) in [6.07, 6.45) is 2.44. The summed E-state index contributed by atoms with van der Waals surface area (Å²) in [5.41, 5.74) is 0.119. The fourth-order valence-electron chi connectivity index (χ4n) is 1.94. The van der Waals surface area contributed by atoms with Gasteiger partial charge in [-0.15, -0.1) is 0 Å². The number of hydrogen-bond acceptors (Lipinski definition) is 3. The van der Waals surface area contributed by atoms with Crippen LogP contribution >= 0.6 is 0 Å². The average Bonchev–Trinajstić information content (AvgIpc) is 2.82. The molecule has 1 amide bonds. The first-order valence-electron chi connectivity index (χ1n) is 5.74. The fourth-order valence-corrected chi connectivity index (χ4v) is 1.94. The zero-order chi connectivity index (χ0) is 12.3. The van der Waals surface area contributed by atoms with Gasteiger partial charge in [-0.05, 0) is 19.4 Å². The summed E-state index contributed by atoms with van der Waals surface area (Å²) in [6, 6.07) is 2.95. The number of H-pyrrole nitrogens is 1. The van der Waals surface area contributed by atoms with Crippen LogP contribution in [0.5, 0.6) is 0 Å². The zero-order valence-corrected chi connectivity index (χ0v) is 9.73. The van der Waals surface area contributed by atoms with Gasteiger partial charge in [0.2, 0.25) is 5.56 Å². The Kier molecular flexibility index (Phi) is 3.58. The quantitative estimate of drug-likeness (QED) is 0.804. The molecule has 1 aromatic rings. The molecule has 5 nitrogen and oxygen atoms in total. The van der Waals surface area contributed by atoms with E-state index in [2.05, 4.69) is 10.3 Å². The number of carbonyl (C=O) groups is 1. The number of hydrogen-bond donors (Lipinski definition) is 2. The molecule has 0 bridgehead atoms. The molecular weight excluding hydrogens is 220 g/mol. The van der Waals surface area contributed by atoms with E-state index in [1.165, 1.54) is 12.3 Å². The van der Waals surface area contributed by atoms with Gasteiger partial charge in [-0.25, -0.2) is 0 Å². The van der Waals surface area contributed by atoms with Gasteiger partial charge in [0.05, 0.1) is 6.61 Å². The monoisotopic (exact) mass is 236 g/mol. The van der Waals surface area contributed by atoms with Crippen LogP contribution in [0.15, 0.2) is 23.1 Å². The molecule has 1 aliphatic heterocycles. The lowest BCUT2D eigenvalue weighted by Gasteiger charge is -2.19. The van der Waals surface area contributed by atoms with Crippen molar-refractivity contribution in [1.82, 2.24) is 10.3 Å². The third kappa shape index (κ3) is 2.94. The van der Waals surface area contributed by atoms with Crippen molar-refractivity contribution >= 4 is 5.91 Å². The van der Waals surface area contributed by atoms with Crippen molar-refractivity contribution in [3.63, 3.8) is 0 Å². The van der Waals surface area contributed by atoms with Gasteiger partial charge in [0.25, 0.3) is 5.91 Å². The standard InChI is InChI=1S/C12H16N2O3/c1-8(10-3-5-17-7-10)14-12(16)9-2-4-13-11(15)6-9/h2,4,6,8,10H,3,5,7H2,1H3,(H,13,15)(H,14,16). The summed E-state index contributed by atoms with van der Waals surface area (Å²) in [5.74, 6) is 0.149. The third-order valence-electron chi connectivity index (χ3n) is 3.07. The number of pyridine rings is 1. The smallest absolute Gasteiger partial charge is 0.251 e. The van der Waals surface area contributed by atoms with Crippen molar-refractivity contribution in [1.29, 1.82) is 0 Å². The molecule has 0 radical (unpaired) electrons. The highest BCUT2D eigenvalue weighted by atomic mass is 16.5. The highest BCUT2D eigenvalue weighted by Gasteiger charge is 2.23. The Morgan fingerprint density at radius 1 is 1.65 bits per heavy atom. The number of nitrogens with one attached hydrogen (secondary N) is 2. The predicted molar refractivity (Wildman–Crippen MR) is 62.9 cm³/mol. The van der Waals surface area contributed by atoms with Crippen LogP contribution in [0.4, 0.5) is 0 Å². The minimum atomic E-state index is -0.269. The van der Waals surface area contributed by atoms with Crippen molar-refractivity contribution in [2.24, 2.45) is 5.92 Å². The van der Waals surface area contributed by atoms with Crippen LogP contribution in [0.25, 0.3) is 0 Å². The first-order valence-corrected chi connectivity index (χ1v) is 5.74. The molecule has 0 spiro atoms. The summed E-state index contributed by atoms with van der Waals surface area (Å²) in [6.45, 7) is 3.41. The molecule has 1 fully saturated rings. The van der Waals surface area contributed by atoms with E-state index in [9.17, 15) is 9.59 Å². The minimum Gasteiger partial charge on any atom is -0.381 e. The van der Waals surface area contributed by atoms with Gasteiger partial charge >= 0.3 is 0 Å². The van der Waals surface area contributed by atoms with Crippen LogP contribution in [-0.2, 0) is 4.74 Å². The lowest BCUT2D eigenvalue weighted by atomic mass is 10.0. The van der Waals surface area contributed by atoms with Crippen LogP contribution in [0.1, 0.15) is 23.7 Å². The highest BCUT2D eigenvalue weighted by molar-refractivity contribution is 5.94. The predicted octanol–water partition coefficient (Wildman–Crippen LogP) is 0.530. The van der Waals surface area contributed by atoms with Gasteiger partial charge < -0.3 is 15.0 Å². The Labute approximate surface area is 99.2 Å². The summed E-state index contributed by atoms with van der Waals surface area (Å²) < 4.78 is 5.28. The molecule has 0 aliphatic carbocycles. The number of rotatable bonds is 3. The lowest BCUT2D eigenvalue weighted by Crippen LogP contribution is -2.38. The van der Waals surface area contributed by atoms with E-state index in [4.69, 9.17) is 4.74 Å². The van der Waals surface area contributed by atoms with Crippen molar-refractivity contribution in [3.05, 3.63) is 34.2 Å². The van der Waals surface area contributed by atoms with Crippen LogP contribution in [0, 0.1) is 5.92 Å². The molecule has 1 aromatic heterocycles. The maximum atomic E-state index is 11.9. The molecule has 2 unspecified atom stereocenters. The van der Waals surface area contributed by atoms with Crippen LogP contribution in [-0.4, -0.2) is 30.1 Å². The maximum absolute atomic E-state index is 11.9. The van der Waals surface area contributed by atoms with E-state index >= 15 is 0 Å². The number of aromatic amines is 1. The van der Waals surface area contributed by atoms with Crippen LogP contribution < -0.4 is 10.9 Å². The summed E-state index contributed by atoms with van der Waals surface area (Å²) in [7, 11) is 0. The first-order chi connectivity index (χ1) is 8.16. The van der Waals surface area contributed by atoms with Crippen molar-refractivity contribution in [3.8, 4) is 0 Å². The molecule has 2 atom stereocenters. The highest BCUT2D eigenvalue weighted by Crippen LogP contribution is 2.16. The van der Waals surface area contributed by atoms with E-state index in [0.29, 0.717) is 18.1 Å². The summed E-state index contributed by atoms with van der Waals surface area (Å²) in [5, 5.41) is 2.89. The Balaban J connectivity index is 1.98. The minimum absolute atomic E-state index is 0.0595. The topological polar surface area (TPSA) is 71.2 Å². The lowest BCUT2D eigenvalue weighted by molar-refractivity contribution is 0.0922. The largest absolute Gasteiger partial charge is 0.381 e. The van der Waals surface area contributed by atoms with Gasteiger partial charge in [-0.2, -0.15) is 0 Å². The van der Waals surface area contributed by atoms with Crippen molar-refractivity contribution in [2.75, 3.05) is 13.2 Å². The molecular formula is C12H16N2O3. The fraction of sp³-hybridized carbons (Fsp3) is 0.500. The van der Waals surface area contributed by atoms with Gasteiger partial charge in [0, 0.05) is 36.4 Å². The average molecular weight is 236 g/mol. The summed E-state index contributed by atoms with van der Waals surface area (Å²) >= 11 is 0. The molecule has 0 saturated carbocycles. The number of amides is 1. The Bertz CT molecular complexity index is 449. The second-order valence-electron chi connectivity index (χ2n) is 4.33. The molecule has 0 aromatic carbocycles. The van der Waals surface area contributed by atoms with Crippen molar-refractivity contribution < 1.29 is 9.53 Å². The van der Waals surface area contributed by atoms with Crippen molar-refractivity contribution in [2.45, 2.75) is 19.4 Å². The number of carbonyl (C=O) groups excluding carboxylic acids is 1. The number of aromatic nitrogens is 1. The van der Waals surface area contributed by atoms with E-state index in [1.807, 2.05) is 6.92 Å². The maximum Gasteiger partial charge on any atom is 0.251 e. The Morgan fingerprint density at radius 2 is 2.47 bits per heavy atom. The molecule has 2 heterocycles. The van der Waals surface area contributed by atoms with E-state index < -0.39 is 0 Å². The van der Waals surface area contributed by atoms with Crippen LogP contribution in [0.2, 0.25) is 0 Å². The Hall–Kier alpha value is -1.62. The second kappa shape index (κ2) is 5.14. The third-order valence-corrected chi connectivity index (χ3v) is 3.07.